The van der Waals surface area contributed by atoms with Gasteiger partial charge in [0.1, 0.15) is 35.4 Å². The molecule has 0 bridgehead atoms. The van der Waals surface area contributed by atoms with Gasteiger partial charge in [0.25, 0.3) is 5.91 Å². The minimum Gasteiger partial charge on any atom is -0.508 e. The van der Waals surface area contributed by atoms with Crippen molar-refractivity contribution in [3.63, 3.8) is 0 Å². The quantitative estimate of drug-likeness (QED) is 0.0384. The molecule has 3 N–H and O–H groups in total. The summed E-state index contributed by atoms with van der Waals surface area (Å²) in [5.74, 6) is -0.283. The lowest BCUT2D eigenvalue weighted by atomic mass is 9.99. The van der Waals surface area contributed by atoms with Gasteiger partial charge in [-0.15, -0.1) is 0 Å². The number of rotatable bonds is 15. The lowest BCUT2D eigenvalue weighted by Crippen LogP contribution is -2.14. The topological polar surface area (TPSA) is 183 Å². The fraction of sp³-hybridized carbons (Fsp3) is 0.194. The number of ketones is 4. The van der Waals surface area contributed by atoms with Crippen molar-refractivity contribution in [2.75, 3.05) is 18.5 Å². The zero-order valence-electron chi connectivity index (χ0n) is 38.5. The number of aromatic hydroxyl groups is 2. The molecule has 1 amide bonds. The Bertz CT molecular complexity index is 3510. The number of benzene rings is 9. The van der Waals surface area contributed by atoms with Gasteiger partial charge in [0.2, 0.25) is 0 Å². The summed E-state index contributed by atoms with van der Waals surface area (Å²) in [6, 6.07) is 51.0. The molecule has 0 saturated heterocycles. The fourth-order valence-electron chi connectivity index (χ4n) is 7.52. The number of ether oxygens (including phenoxy) is 3. The number of aryl methyl sites for hydroxylation is 1. The molecule has 79 heavy (non-hydrogen) atoms. The van der Waals surface area contributed by atoms with Gasteiger partial charge in [-0.05, 0) is 161 Å². The number of hydrogen-bond donors (Lipinski definition) is 3. The van der Waals surface area contributed by atoms with Crippen molar-refractivity contribution in [1.82, 2.24) is 0 Å². The molecule has 9 aromatic rings. The van der Waals surface area contributed by atoms with Crippen LogP contribution >= 0.6 is 0 Å². The van der Waals surface area contributed by atoms with E-state index >= 15 is 0 Å². The highest BCUT2D eigenvalue weighted by molar-refractivity contribution is 6.14. The highest BCUT2D eigenvalue weighted by Crippen LogP contribution is 2.26. The first kappa shape index (κ1) is 69.6. The van der Waals surface area contributed by atoms with Crippen LogP contribution in [-0.4, -0.2) is 58.4 Å². The van der Waals surface area contributed by atoms with Crippen molar-refractivity contribution < 1.29 is 53.2 Å². The number of carbonyl (C=O) groups excluding carboxylic acids is 6. The molecule has 0 aliphatic rings. The highest BCUT2D eigenvalue weighted by Gasteiger charge is 2.17. The van der Waals surface area contributed by atoms with E-state index in [0.717, 1.165) is 32.3 Å². The lowest BCUT2D eigenvalue weighted by Gasteiger charge is -2.09. The molecular weight excluding hydrogens is 995 g/mol. The molecule has 0 aliphatic heterocycles. The van der Waals surface area contributed by atoms with Crippen LogP contribution in [0.25, 0.3) is 32.3 Å². The molecule has 0 saturated carbocycles. The molecule has 0 atom stereocenters. The molecule has 0 heterocycles. The van der Waals surface area contributed by atoms with Gasteiger partial charge in [0.15, 0.2) is 29.7 Å². The SMILES string of the molecule is C.C.C.C.C.C.C.C.CC(=O)COc1ccc(C(=O)CC(=O)c2cccc(C(=O)COc3ccc(NC(=O)c4ccc5cc(O)ccc5c4)cc3)c2)cc1.Cc1ccc2cc(OC(=O)c3ccc4cc(O)ccc4c3)ccc2c1. The number of hydrogen-bond acceptors (Lipinski definition) is 11. The van der Waals surface area contributed by atoms with Gasteiger partial charge in [0, 0.05) is 27.9 Å². The molecule has 0 unspecified atom stereocenters. The Balaban J connectivity index is 0.00000159. The summed E-state index contributed by atoms with van der Waals surface area (Å²) in [7, 11) is 0. The number of phenolic OH excluding ortho intramolecular Hbond substituents is 2. The average Bonchev–Trinajstić information content (AvgIpc) is 3.37. The minimum absolute atomic E-state index is 0. The first-order chi connectivity index (χ1) is 34.2. The number of Topliss-reactive ketones (excluding diaryl/α,β-unsaturated/α-hetero) is 4. The molecule has 0 radical (unpaired) electrons. The third kappa shape index (κ3) is 18.4. The molecule has 0 aromatic heterocycles. The Morgan fingerprint density at radius 1 is 0.405 bits per heavy atom. The van der Waals surface area contributed by atoms with Crippen LogP contribution in [0.2, 0.25) is 0 Å². The maximum absolute atomic E-state index is 12.8. The number of esters is 1. The van der Waals surface area contributed by atoms with E-state index in [-0.39, 0.29) is 125 Å². The normalized spacial score (nSPS) is 9.65. The van der Waals surface area contributed by atoms with E-state index in [4.69, 9.17) is 14.2 Å². The van der Waals surface area contributed by atoms with Gasteiger partial charge in [-0.2, -0.15) is 0 Å². The maximum atomic E-state index is 12.8. The van der Waals surface area contributed by atoms with Crippen LogP contribution in [0.4, 0.5) is 5.69 Å². The van der Waals surface area contributed by atoms with Crippen LogP contribution in [0.15, 0.2) is 182 Å². The van der Waals surface area contributed by atoms with Crippen LogP contribution in [0.1, 0.15) is 130 Å². The van der Waals surface area contributed by atoms with Gasteiger partial charge in [-0.1, -0.05) is 132 Å². The second-order valence-electron chi connectivity index (χ2n) is 16.7. The smallest absolute Gasteiger partial charge is 0.343 e. The van der Waals surface area contributed by atoms with E-state index in [1.165, 1.54) is 30.7 Å². The highest BCUT2D eigenvalue weighted by atomic mass is 16.5. The standard InChI is InChI=1S/C37H29NO8.C22H16O3.8CH4/c1-23(39)21-45-32-13-8-24(9-14-32)34(41)20-35(42)27-3-2-4-28(18-27)36(43)22-46-33-15-10-30(11-16-33)38-37(44)29-6-5-26-19-31(40)12-7-25(26)17-29;1-14-2-3-18-13-21(9-7-15(18)10-14)25-22(24)19-5-4-17-12-20(23)8-6-16(17)11-19;;;;;;;;/h2-19,40H,20-22H2,1H3,(H,38,44);2-13,23H,1H3;8*1H4. The van der Waals surface area contributed by atoms with Crippen molar-refractivity contribution in [2.45, 2.75) is 79.7 Å². The monoisotopic (exact) mass is 1070 g/mol. The van der Waals surface area contributed by atoms with E-state index < -0.39 is 11.8 Å². The number of nitrogens with one attached hydrogen (secondary N) is 1. The Morgan fingerprint density at radius 3 is 1.43 bits per heavy atom. The third-order valence-corrected chi connectivity index (χ3v) is 11.3. The Hall–Kier alpha value is -9.42. The van der Waals surface area contributed by atoms with E-state index in [2.05, 4.69) is 11.4 Å². The van der Waals surface area contributed by atoms with Crippen molar-refractivity contribution in [1.29, 1.82) is 0 Å². The number of fused-ring (bicyclic) bond motifs is 3. The van der Waals surface area contributed by atoms with Crippen LogP contribution in [0, 0.1) is 6.92 Å². The molecule has 0 fully saturated rings. The van der Waals surface area contributed by atoms with E-state index in [1.807, 2.05) is 31.2 Å². The summed E-state index contributed by atoms with van der Waals surface area (Å²) in [6.45, 7) is 3.10. The average molecular weight is 1070 g/mol. The second-order valence-corrected chi connectivity index (χ2v) is 16.7. The van der Waals surface area contributed by atoms with Crippen LogP contribution in [0.3, 0.4) is 0 Å². The number of anilines is 1. The molecular formula is C67H77NO11. The van der Waals surface area contributed by atoms with Gasteiger partial charge in [-0.25, -0.2) is 4.79 Å². The van der Waals surface area contributed by atoms with E-state index in [9.17, 15) is 39.0 Å². The zero-order chi connectivity index (χ0) is 50.0. The number of amides is 1. The summed E-state index contributed by atoms with van der Waals surface area (Å²) < 4.78 is 16.5. The summed E-state index contributed by atoms with van der Waals surface area (Å²) in [5, 5.41) is 27.5. The molecule has 0 spiro atoms. The predicted molar refractivity (Wildman–Crippen MR) is 325 cm³/mol. The number of carbonyl (C=O) groups is 6. The van der Waals surface area contributed by atoms with Crippen molar-refractivity contribution in [2.24, 2.45) is 0 Å². The third-order valence-electron chi connectivity index (χ3n) is 11.3. The first-order valence-electron chi connectivity index (χ1n) is 22.4. The molecule has 0 aliphatic carbocycles. The summed E-state index contributed by atoms with van der Waals surface area (Å²) in [6.07, 6.45) is -0.379. The van der Waals surface area contributed by atoms with Crippen molar-refractivity contribution in [3.05, 3.63) is 215 Å². The Kier molecular flexibility index (Phi) is 27.8. The van der Waals surface area contributed by atoms with Gasteiger partial charge < -0.3 is 29.7 Å². The minimum atomic E-state index is -0.432. The molecule has 12 heteroatoms. The zero-order valence-corrected chi connectivity index (χ0v) is 38.5. The molecule has 9 aromatic carbocycles. The van der Waals surface area contributed by atoms with Crippen molar-refractivity contribution in [3.8, 4) is 28.7 Å². The van der Waals surface area contributed by atoms with Crippen LogP contribution in [-0.2, 0) is 4.79 Å². The number of phenols is 2. The first-order valence-corrected chi connectivity index (χ1v) is 22.4. The van der Waals surface area contributed by atoms with Crippen LogP contribution < -0.4 is 19.5 Å². The predicted octanol–water partition coefficient (Wildman–Crippen LogP) is 16.8. The summed E-state index contributed by atoms with van der Waals surface area (Å²) in [5.41, 5.74) is 3.48. The Labute approximate surface area is 466 Å². The molecule has 9 rings (SSSR count). The second kappa shape index (κ2) is 31.6. The summed E-state index contributed by atoms with van der Waals surface area (Å²) >= 11 is 0. The van der Waals surface area contributed by atoms with Gasteiger partial charge >= 0.3 is 5.97 Å². The van der Waals surface area contributed by atoms with Crippen molar-refractivity contribution >= 4 is 73.0 Å². The maximum Gasteiger partial charge on any atom is 0.343 e. The molecule has 12 nitrogen and oxygen atoms in total. The van der Waals surface area contributed by atoms with E-state index in [1.54, 1.807) is 133 Å². The Morgan fingerprint density at radius 2 is 0.835 bits per heavy atom. The van der Waals surface area contributed by atoms with Gasteiger partial charge in [0.05, 0.1) is 12.0 Å². The summed E-state index contributed by atoms with van der Waals surface area (Å²) in [4.78, 5) is 74.6. The van der Waals surface area contributed by atoms with Crippen LogP contribution in [0.5, 0.6) is 28.7 Å². The molecule has 416 valence electrons. The van der Waals surface area contributed by atoms with Gasteiger partial charge in [-0.3, -0.25) is 24.0 Å². The largest absolute Gasteiger partial charge is 0.508 e. The van der Waals surface area contributed by atoms with E-state index in [0.29, 0.717) is 39.6 Å². The fourth-order valence-corrected chi connectivity index (χ4v) is 7.52. The lowest BCUT2D eigenvalue weighted by molar-refractivity contribution is -0.118.